The van der Waals surface area contributed by atoms with Gasteiger partial charge < -0.3 is 4.74 Å². The predicted molar refractivity (Wildman–Crippen MR) is 74.7 cm³/mol. The maximum atomic E-state index is 12.1. The van der Waals surface area contributed by atoms with Gasteiger partial charge in [-0.1, -0.05) is 34.1 Å². The van der Waals surface area contributed by atoms with E-state index in [2.05, 4.69) is 20.8 Å². The molecule has 2 amide bonds. The minimum Gasteiger partial charge on any atom is -0.464 e. The third-order valence-electron chi connectivity index (χ3n) is 3.09. The smallest absolute Gasteiger partial charge is 0.329 e. The molecule has 0 fully saturated rings. The van der Waals surface area contributed by atoms with Gasteiger partial charge in [0.2, 0.25) is 0 Å². The Balaban J connectivity index is 2.64. The summed E-state index contributed by atoms with van der Waals surface area (Å²) in [6.07, 6.45) is 4.22. The van der Waals surface area contributed by atoms with E-state index in [1.807, 2.05) is 6.92 Å². The van der Waals surface area contributed by atoms with Crippen molar-refractivity contribution in [1.29, 1.82) is 0 Å². The van der Waals surface area contributed by atoms with Gasteiger partial charge in [0.05, 0.1) is 6.61 Å². The predicted octanol–water partition coefficient (Wildman–Crippen LogP) is 2.06. The SMILES string of the molecule is CCCC(C(=O)OCCC(C)(C)C)N1C(=O)C=CC1=O. The molecule has 1 aliphatic rings. The van der Waals surface area contributed by atoms with Gasteiger partial charge in [0.15, 0.2) is 0 Å². The molecule has 5 heteroatoms. The quantitative estimate of drug-likeness (QED) is 0.552. The lowest BCUT2D eigenvalue weighted by Gasteiger charge is -2.25. The fraction of sp³-hybridized carbons (Fsp3) is 0.667. The molecule has 5 nitrogen and oxygen atoms in total. The molecule has 0 N–H and O–H groups in total. The summed E-state index contributed by atoms with van der Waals surface area (Å²) < 4.78 is 5.23. The van der Waals surface area contributed by atoms with Crippen LogP contribution in [0.2, 0.25) is 0 Å². The summed E-state index contributed by atoms with van der Waals surface area (Å²) >= 11 is 0. The lowest BCUT2D eigenvalue weighted by Crippen LogP contribution is -2.45. The minimum absolute atomic E-state index is 0.0708. The van der Waals surface area contributed by atoms with Crippen LogP contribution in [0.25, 0.3) is 0 Å². The molecule has 1 aliphatic heterocycles. The van der Waals surface area contributed by atoms with Crippen LogP contribution in [0.5, 0.6) is 0 Å². The Kier molecular flexibility index (Phi) is 5.48. The Hall–Kier alpha value is -1.65. The van der Waals surface area contributed by atoms with E-state index in [4.69, 9.17) is 4.74 Å². The van der Waals surface area contributed by atoms with Gasteiger partial charge in [0.25, 0.3) is 11.8 Å². The van der Waals surface area contributed by atoms with Crippen molar-refractivity contribution in [2.24, 2.45) is 5.41 Å². The van der Waals surface area contributed by atoms with Crippen LogP contribution in [0.3, 0.4) is 0 Å². The second-order valence-corrected chi connectivity index (χ2v) is 6.16. The number of nitrogens with zero attached hydrogens (tertiary/aromatic N) is 1. The largest absolute Gasteiger partial charge is 0.464 e. The molecule has 0 saturated carbocycles. The summed E-state index contributed by atoms with van der Waals surface area (Å²) in [4.78, 5) is 36.4. The molecular formula is C15H23NO4. The van der Waals surface area contributed by atoms with Crippen molar-refractivity contribution in [2.45, 2.75) is 53.0 Å². The van der Waals surface area contributed by atoms with Crippen molar-refractivity contribution in [3.05, 3.63) is 12.2 Å². The van der Waals surface area contributed by atoms with Crippen LogP contribution in [-0.4, -0.2) is 35.3 Å². The molecule has 0 aromatic carbocycles. The third kappa shape index (κ3) is 4.47. The third-order valence-corrected chi connectivity index (χ3v) is 3.09. The highest BCUT2D eigenvalue weighted by Gasteiger charge is 2.36. The molecule has 0 radical (unpaired) electrons. The fourth-order valence-corrected chi connectivity index (χ4v) is 1.90. The van der Waals surface area contributed by atoms with Gasteiger partial charge in [-0.15, -0.1) is 0 Å². The van der Waals surface area contributed by atoms with E-state index in [1.54, 1.807) is 0 Å². The van der Waals surface area contributed by atoms with E-state index in [9.17, 15) is 14.4 Å². The topological polar surface area (TPSA) is 63.7 Å². The van der Waals surface area contributed by atoms with Crippen LogP contribution in [0.1, 0.15) is 47.0 Å². The van der Waals surface area contributed by atoms with Crippen LogP contribution in [-0.2, 0) is 19.1 Å². The summed E-state index contributed by atoms with van der Waals surface area (Å²) in [5.74, 6) is -1.39. The number of ether oxygens (including phenoxy) is 1. The van der Waals surface area contributed by atoms with E-state index in [0.717, 1.165) is 11.3 Å². The van der Waals surface area contributed by atoms with Crippen LogP contribution >= 0.6 is 0 Å². The molecule has 0 aromatic heterocycles. The molecule has 0 spiro atoms. The highest BCUT2D eigenvalue weighted by atomic mass is 16.5. The van der Waals surface area contributed by atoms with E-state index < -0.39 is 23.8 Å². The van der Waals surface area contributed by atoms with Gasteiger partial charge >= 0.3 is 5.97 Å². The van der Waals surface area contributed by atoms with Gasteiger partial charge in [-0.05, 0) is 18.3 Å². The van der Waals surface area contributed by atoms with Gasteiger partial charge in [0.1, 0.15) is 6.04 Å². The molecule has 0 aromatic rings. The fourth-order valence-electron chi connectivity index (χ4n) is 1.90. The first-order chi connectivity index (χ1) is 9.26. The summed E-state index contributed by atoms with van der Waals surface area (Å²) in [5, 5.41) is 0. The number of hydrogen-bond donors (Lipinski definition) is 0. The molecule has 1 atom stereocenters. The zero-order valence-corrected chi connectivity index (χ0v) is 12.6. The Morgan fingerprint density at radius 3 is 2.25 bits per heavy atom. The Morgan fingerprint density at radius 1 is 1.25 bits per heavy atom. The van der Waals surface area contributed by atoms with E-state index in [1.165, 1.54) is 12.2 Å². The van der Waals surface area contributed by atoms with E-state index in [0.29, 0.717) is 19.4 Å². The Morgan fingerprint density at radius 2 is 1.80 bits per heavy atom. The Bertz CT molecular complexity index is 402. The minimum atomic E-state index is -0.810. The number of carbonyl (C=O) groups excluding carboxylic acids is 3. The van der Waals surface area contributed by atoms with Crippen molar-refractivity contribution < 1.29 is 19.1 Å². The summed E-state index contributed by atoms with van der Waals surface area (Å²) in [6.45, 7) is 8.37. The first-order valence-electron chi connectivity index (χ1n) is 6.98. The monoisotopic (exact) mass is 281 g/mol. The molecular weight excluding hydrogens is 258 g/mol. The van der Waals surface area contributed by atoms with Crippen LogP contribution < -0.4 is 0 Å². The number of amides is 2. The van der Waals surface area contributed by atoms with Crippen LogP contribution in [0.15, 0.2) is 12.2 Å². The van der Waals surface area contributed by atoms with Gasteiger partial charge in [-0.2, -0.15) is 0 Å². The van der Waals surface area contributed by atoms with E-state index >= 15 is 0 Å². The van der Waals surface area contributed by atoms with Gasteiger partial charge in [0, 0.05) is 12.2 Å². The van der Waals surface area contributed by atoms with Crippen molar-refractivity contribution >= 4 is 17.8 Å². The zero-order valence-electron chi connectivity index (χ0n) is 12.6. The molecule has 1 rings (SSSR count). The molecule has 0 aliphatic carbocycles. The normalized spacial score (nSPS) is 16.7. The Labute approximate surface area is 120 Å². The highest BCUT2D eigenvalue weighted by molar-refractivity contribution is 6.14. The number of esters is 1. The lowest BCUT2D eigenvalue weighted by molar-refractivity contribution is -0.158. The first-order valence-corrected chi connectivity index (χ1v) is 6.98. The van der Waals surface area contributed by atoms with Gasteiger partial charge in [-0.25, -0.2) is 4.79 Å². The van der Waals surface area contributed by atoms with Crippen molar-refractivity contribution in [2.75, 3.05) is 6.61 Å². The molecule has 0 saturated heterocycles. The first kappa shape index (κ1) is 16.4. The molecule has 1 heterocycles. The number of imide groups is 1. The maximum absolute atomic E-state index is 12.1. The highest BCUT2D eigenvalue weighted by Crippen LogP contribution is 2.19. The maximum Gasteiger partial charge on any atom is 0.329 e. The number of carbonyl (C=O) groups is 3. The summed E-state index contributed by atoms with van der Waals surface area (Å²) in [7, 11) is 0. The average molecular weight is 281 g/mol. The molecule has 1 unspecified atom stereocenters. The van der Waals surface area contributed by atoms with Crippen LogP contribution in [0, 0.1) is 5.41 Å². The van der Waals surface area contributed by atoms with Crippen LogP contribution in [0.4, 0.5) is 0 Å². The molecule has 112 valence electrons. The summed E-state index contributed by atoms with van der Waals surface area (Å²) in [6, 6.07) is -0.810. The molecule has 20 heavy (non-hydrogen) atoms. The molecule has 0 bridgehead atoms. The lowest BCUT2D eigenvalue weighted by atomic mass is 9.93. The number of rotatable bonds is 6. The van der Waals surface area contributed by atoms with Crippen molar-refractivity contribution in [1.82, 2.24) is 4.90 Å². The average Bonchev–Trinajstić information content (AvgIpc) is 2.65. The summed E-state index contributed by atoms with van der Waals surface area (Å²) in [5.41, 5.74) is 0.0708. The number of hydrogen-bond acceptors (Lipinski definition) is 4. The van der Waals surface area contributed by atoms with Crippen molar-refractivity contribution in [3.8, 4) is 0 Å². The van der Waals surface area contributed by atoms with Gasteiger partial charge in [-0.3, -0.25) is 14.5 Å². The standard InChI is InChI=1S/C15H23NO4/c1-5-6-11(16-12(17)7-8-13(16)18)14(19)20-10-9-15(2,3)4/h7-8,11H,5-6,9-10H2,1-4H3. The zero-order chi connectivity index (χ0) is 15.3. The second-order valence-electron chi connectivity index (χ2n) is 6.16. The second kappa shape index (κ2) is 6.68. The van der Waals surface area contributed by atoms with Crippen molar-refractivity contribution in [3.63, 3.8) is 0 Å². The van der Waals surface area contributed by atoms with E-state index in [-0.39, 0.29) is 5.41 Å².